The van der Waals surface area contributed by atoms with Gasteiger partial charge in [-0.15, -0.1) is 0 Å². The van der Waals surface area contributed by atoms with Crippen molar-refractivity contribution in [2.75, 3.05) is 6.54 Å². The Hall–Kier alpha value is -1.36. The van der Waals surface area contributed by atoms with E-state index in [-0.39, 0.29) is 11.9 Å². The van der Waals surface area contributed by atoms with Crippen LogP contribution in [0.25, 0.3) is 0 Å². The predicted molar refractivity (Wildman–Crippen MR) is 53.8 cm³/mol. The van der Waals surface area contributed by atoms with Crippen molar-refractivity contribution in [3.05, 3.63) is 18.0 Å². The number of hydrogen-bond donors (Lipinski definition) is 2. The van der Waals surface area contributed by atoms with Crippen LogP contribution in [0.2, 0.25) is 0 Å². The van der Waals surface area contributed by atoms with E-state index < -0.39 is 0 Å². The molecule has 3 N–H and O–H groups in total. The zero-order chi connectivity index (χ0) is 10.6. The molecular formula is C9H16N4O. The summed E-state index contributed by atoms with van der Waals surface area (Å²) in [5, 5.41) is 6.68. The molecule has 0 aliphatic carbocycles. The smallest absolute Gasteiger partial charge is 0.254 e. The molecule has 5 heteroatoms. The molecule has 0 aliphatic heterocycles. The van der Waals surface area contributed by atoms with E-state index in [0.29, 0.717) is 12.1 Å². The number of hydrogen-bond acceptors (Lipinski definition) is 3. The second kappa shape index (κ2) is 4.76. The Balaban J connectivity index is 2.36. The summed E-state index contributed by atoms with van der Waals surface area (Å²) in [7, 11) is 1.78. The molecular weight excluding hydrogens is 180 g/mol. The van der Waals surface area contributed by atoms with Gasteiger partial charge in [-0.3, -0.25) is 9.48 Å². The first-order valence-electron chi connectivity index (χ1n) is 4.62. The Kier molecular flexibility index (Phi) is 3.64. The predicted octanol–water partition coefficient (Wildman–Crippen LogP) is -0.113. The summed E-state index contributed by atoms with van der Waals surface area (Å²) in [5.41, 5.74) is 6.13. The van der Waals surface area contributed by atoms with Crippen molar-refractivity contribution in [3.63, 3.8) is 0 Å². The number of aryl methyl sites for hydroxylation is 1. The molecule has 0 radical (unpaired) electrons. The number of rotatable bonds is 4. The average Bonchev–Trinajstić information content (AvgIpc) is 2.51. The Labute approximate surface area is 83.3 Å². The maximum absolute atomic E-state index is 11.4. The maximum Gasteiger partial charge on any atom is 0.254 e. The van der Waals surface area contributed by atoms with Gasteiger partial charge >= 0.3 is 0 Å². The minimum absolute atomic E-state index is 0.0984. The molecule has 1 amide bonds. The van der Waals surface area contributed by atoms with E-state index in [1.165, 1.54) is 0 Å². The lowest BCUT2D eigenvalue weighted by atomic mass is 10.2. The first-order chi connectivity index (χ1) is 6.59. The lowest BCUT2D eigenvalue weighted by Gasteiger charge is -2.05. The van der Waals surface area contributed by atoms with Gasteiger partial charge in [-0.05, 0) is 13.3 Å². The van der Waals surface area contributed by atoms with Crippen LogP contribution >= 0.6 is 0 Å². The van der Waals surface area contributed by atoms with Gasteiger partial charge in [0.15, 0.2) is 0 Å². The number of carbonyl (C=O) groups is 1. The number of aromatic nitrogens is 2. The van der Waals surface area contributed by atoms with Gasteiger partial charge < -0.3 is 11.1 Å². The second-order valence-electron chi connectivity index (χ2n) is 3.42. The zero-order valence-corrected chi connectivity index (χ0v) is 8.53. The zero-order valence-electron chi connectivity index (χ0n) is 8.53. The van der Waals surface area contributed by atoms with E-state index in [4.69, 9.17) is 5.73 Å². The molecule has 78 valence electrons. The molecule has 1 rings (SSSR count). The molecule has 1 aromatic heterocycles. The van der Waals surface area contributed by atoms with Gasteiger partial charge in [0.2, 0.25) is 0 Å². The summed E-state index contributed by atoms with van der Waals surface area (Å²) in [6.45, 7) is 2.52. The molecule has 1 atom stereocenters. The fourth-order valence-electron chi connectivity index (χ4n) is 1.05. The van der Waals surface area contributed by atoms with E-state index in [2.05, 4.69) is 10.4 Å². The molecule has 1 unspecified atom stereocenters. The quantitative estimate of drug-likeness (QED) is 0.705. The highest BCUT2D eigenvalue weighted by Crippen LogP contribution is 1.95. The molecule has 14 heavy (non-hydrogen) atoms. The third-order valence-electron chi connectivity index (χ3n) is 1.85. The van der Waals surface area contributed by atoms with Crippen LogP contribution in [0.15, 0.2) is 12.4 Å². The summed E-state index contributed by atoms with van der Waals surface area (Å²) in [5.74, 6) is -0.0984. The van der Waals surface area contributed by atoms with Crippen LogP contribution in [0.5, 0.6) is 0 Å². The van der Waals surface area contributed by atoms with E-state index in [0.717, 1.165) is 6.42 Å². The van der Waals surface area contributed by atoms with Gasteiger partial charge in [-0.1, -0.05) is 0 Å². The van der Waals surface area contributed by atoms with Gasteiger partial charge in [0, 0.05) is 25.8 Å². The number of carbonyl (C=O) groups excluding carboxylic acids is 1. The molecule has 1 heterocycles. The van der Waals surface area contributed by atoms with Crippen LogP contribution in [-0.4, -0.2) is 28.3 Å². The SMILES string of the molecule is CC(N)CCNC(=O)c1cnn(C)c1. The van der Waals surface area contributed by atoms with Gasteiger partial charge in [-0.2, -0.15) is 5.10 Å². The fourth-order valence-corrected chi connectivity index (χ4v) is 1.05. The first kappa shape index (κ1) is 10.7. The Bertz CT molecular complexity index is 306. The highest BCUT2D eigenvalue weighted by Gasteiger charge is 2.06. The Morgan fingerprint density at radius 2 is 2.50 bits per heavy atom. The normalized spacial score (nSPS) is 12.5. The molecule has 0 saturated heterocycles. The van der Waals surface area contributed by atoms with Crippen molar-refractivity contribution in [2.45, 2.75) is 19.4 Å². The number of nitrogens with one attached hydrogen (secondary N) is 1. The van der Waals surface area contributed by atoms with Gasteiger partial charge in [0.25, 0.3) is 5.91 Å². The van der Waals surface area contributed by atoms with Crippen LogP contribution in [0, 0.1) is 0 Å². The van der Waals surface area contributed by atoms with Crippen LogP contribution in [0.3, 0.4) is 0 Å². The third-order valence-corrected chi connectivity index (χ3v) is 1.85. The van der Waals surface area contributed by atoms with E-state index >= 15 is 0 Å². The molecule has 0 fully saturated rings. The van der Waals surface area contributed by atoms with E-state index in [9.17, 15) is 4.79 Å². The van der Waals surface area contributed by atoms with Crippen molar-refractivity contribution in [3.8, 4) is 0 Å². The summed E-state index contributed by atoms with van der Waals surface area (Å²) in [4.78, 5) is 11.4. The molecule has 0 bridgehead atoms. The van der Waals surface area contributed by atoms with Crippen molar-refractivity contribution in [2.24, 2.45) is 12.8 Å². The lowest BCUT2D eigenvalue weighted by Crippen LogP contribution is -2.28. The minimum atomic E-state index is -0.0984. The van der Waals surface area contributed by atoms with Crippen molar-refractivity contribution in [1.82, 2.24) is 15.1 Å². The second-order valence-corrected chi connectivity index (χ2v) is 3.42. The van der Waals surface area contributed by atoms with Crippen molar-refractivity contribution in [1.29, 1.82) is 0 Å². The Morgan fingerprint density at radius 3 is 3.00 bits per heavy atom. The fraction of sp³-hybridized carbons (Fsp3) is 0.556. The number of nitrogens with two attached hydrogens (primary N) is 1. The molecule has 0 spiro atoms. The topological polar surface area (TPSA) is 72.9 Å². The number of nitrogens with zero attached hydrogens (tertiary/aromatic N) is 2. The van der Waals surface area contributed by atoms with E-state index in [1.54, 1.807) is 24.1 Å². The maximum atomic E-state index is 11.4. The van der Waals surface area contributed by atoms with Gasteiger partial charge in [0.1, 0.15) is 0 Å². The highest BCUT2D eigenvalue weighted by molar-refractivity contribution is 5.93. The van der Waals surface area contributed by atoms with Crippen LogP contribution in [0.4, 0.5) is 0 Å². The molecule has 0 aliphatic rings. The van der Waals surface area contributed by atoms with Crippen LogP contribution < -0.4 is 11.1 Å². The lowest BCUT2D eigenvalue weighted by molar-refractivity contribution is 0.0952. The molecule has 1 aromatic rings. The van der Waals surface area contributed by atoms with Gasteiger partial charge in [0.05, 0.1) is 11.8 Å². The summed E-state index contributed by atoms with van der Waals surface area (Å²) >= 11 is 0. The third kappa shape index (κ3) is 3.18. The van der Waals surface area contributed by atoms with E-state index in [1.807, 2.05) is 6.92 Å². The number of amides is 1. The minimum Gasteiger partial charge on any atom is -0.352 e. The summed E-state index contributed by atoms with van der Waals surface area (Å²) in [6.07, 6.45) is 4.01. The summed E-state index contributed by atoms with van der Waals surface area (Å²) < 4.78 is 1.60. The molecule has 5 nitrogen and oxygen atoms in total. The average molecular weight is 196 g/mol. The standard InChI is InChI=1S/C9H16N4O/c1-7(10)3-4-11-9(14)8-5-12-13(2)6-8/h5-7H,3-4,10H2,1-2H3,(H,11,14). The molecule has 0 saturated carbocycles. The van der Waals surface area contributed by atoms with Crippen molar-refractivity contribution >= 4 is 5.91 Å². The Morgan fingerprint density at radius 1 is 1.79 bits per heavy atom. The highest BCUT2D eigenvalue weighted by atomic mass is 16.1. The monoisotopic (exact) mass is 196 g/mol. The van der Waals surface area contributed by atoms with Gasteiger partial charge in [-0.25, -0.2) is 0 Å². The largest absolute Gasteiger partial charge is 0.352 e. The van der Waals surface area contributed by atoms with Crippen molar-refractivity contribution < 1.29 is 4.79 Å². The molecule has 0 aromatic carbocycles. The van der Waals surface area contributed by atoms with Crippen LogP contribution in [-0.2, 0) is 7.05 Å². The first-order valence-corrected chi connectivity index (χ1v) is 4.62. The van der Waals surface area contributed by atoms with Crippen LogP contribution in [0.1, 0.15) is 23.7 Å². The summed E-state index contributed by atoms with van der Waals surface area (Å²) in [6, 6.07) is 0.115.